The Bertz CT molecular complexity index is 1690. The molecule has 2 aromatic heterocycles. The van der Waals surface area contributed by atoms with E-state index in [4.69, 9.17) is 5.73 Å². The number of rotatable bonds is 14. The zero-order chi connectivity index (χ0) is 32.2. The fourth-order valence-electron chi connectivity index (χ4n) is 4.60. The number of carbonyl (C=O) groups is 4. The molecular formula is C33H37N7O4S. The van der Waals surface area contributed by atoms with Crippen LogP contribution in [0.2, 0.25) is 0 Å². The number of carbonyl (C=O) groups excluding carboxylic acids is 4. The van der Waals surface area contributed by atoms with Gasteiger partial charge in [0.1, 0.15) is 6.54 Å². The molecule has 45 heavy (non-hydrogen) atoms. The molecule has 0 saturated carbocycles. The van der Waals surface area contributed by atoms with E-state index in [0.717, 1.165) is 27.3 Å². The number of nitrogens with zero attached hydrogens (tertiary/aromatic N) is 4. The van der Waals surface area contributed by atoms with E-state index in [1.807, 2.05) is 66.7 Å². The molecule has 2 heterocycles. The van der Waals surface area contributed by atoms with Crippen LogP contribution in [0, 0.1) is 0 Å². The Labute approximate surface area is 266 Å². The lowest BCUT2D eigenvalue weighted by molar-refractivity contribution is -0.121. The SMILES string of the molecule is CCN(CC(=O)NCCCCCC(N)=O)C(=O)n1nc(/C=C/c2ccccn2)c2ccc(Sc3ccccc3C(=O)NC)cc21. The molecule has 0 unspecified atom stereocenters. The highest BCUT2D eigenvalue weighted by Gasteiger charge is 2.22. The summed E-state index contributed by atoms with van der Waals surface area (Å²) >= 11 is 1.41. The Morgan fingerprint density at radius 1 is 1.00 bits per heavy atom. The second-order valence-electron chi connectivity index (χ2n) is 10.2. The van der Waals surface area contributed by atoms with Gasteiger partial charge in [-0.2, -0.15) is 9.78 Å². The Hall–Kier alpha value is -4.97. The number of aromatic nitrogens is 3. The van der Waals surface area contributed by atoms with Gasteiger partial charge in [-0.05, 0) is 74.4 Å². The first kappa shape index (κ1) is 32.9. The molecular weight excluding hydrogens is 590 g/mol. The van der Waals surface area contributed by atoms with E-state index in [0.29, 0.717) is 49.1 Å². The van der Waals surface area contributed by atoms with Crippen LogP contribution in [-0.2, 0) is 9.59 Å². The summed E-state index contributed by atoms with van der Waals surface area (Å²) in [5, 5.41) is 10.9. The van der Waals surface area contributed by atoms with Crippen LogP contribution in [0.4, 0.5) is 4.79 Å². The molecule has 0 atom stereocenters. The molecule has 4 amide bonds. The highest BCUT2D eigenvalue weighted by atomic mass is 32.2. The third-order valence-electron chi connectivity index (χ3n) is 6.96. The first-order valence-corrected chi connectivity index (χ1v) is 15.6. The van der Waals surface area contributed by atoms with E-state index in [-0.39, 0.29) is 24.3 Å². The summed E-state index contributed by atoms with van der Waals surface area (Å²) in [6.07, 6.45) is 7.80. The van der Waals surface area contributed by atoms with E-state index >= 15 is 0 Å². The number of nitrogens with two attached hydrogens (primary N) is 1. The predicted octanol–water partition coefficient (Wildman–Crippen LogP) is 4.56. The van der Waals surface area contributed by atoms with Gasteiger partial charge in [-0.25, -0.2) is 4.79 Å². The lowest BCUT2D eigenvalue weighted by atomic mass is 10.2. The number of primary amides is 1. The molecule has 11 nitrogen and oxygen atoms in total. The van der Waals surface area contributed by atoms with Gasteiger partial charge in [0.2, 0.25) is 11.8 Å². The van der Waals surface area contributed by atoms with Crippen LogP contribution >= 0.6 is 11.8 Å². The van der Waals surface area contributed by atoms with Crippen molar-refractivity contribution in [3.05, 3.63) is 83.8 Å². The van der Waals surface area contributed by atoms with Crippen molar-refractivity contribution in [2.75, 3.05) is 26.7 Å². The molecule has 4 N–H and O–H groups in total. The number of likely N-dealkylation sites (N-methyl/N-ethyl adjacent to an activating group) is 1. The summed E-state index contributed by atoms with van der Waals surface area (Å²) < 4.78 is 1.32. The number of unbranched alkanes of at least 4 members (excludes halogenated alkanes) is 2. The number of hydrogen-bond acceptors (Lipinski definition) is 7. The Kier molecular flexibility index (Phi) is 11.9. The average Bonchev–Trinajstić information content (AvgIpc) is 3.41. The lowest BCUT2D eigenvalue weighted by Gasteiger charge is -2.20. The summed E-state index contributed by atoms with van der Waals surface area (Å²) in [6.45, 7) is 2.40. The zero-order valence-electron chi connectivity index (χ0n) is 25.4. The Balaban J connectivity index is 1.60. The molecule has 0 spiro atoms. The maximum Gasteiger partial charge on any atom is 0.345 e. The van der Waals surface area contributed by atoms with E-state index in [9.17, 15) is 19.2 Å². The van der Waals surface area contributed by atoms with Gasteiger partial charge in [-0.15, -0.1) is 0 Å². The third-order valence-corrected chi connectivity index (χ3v) is 8.02. The van der Waals surface area contributed by atoms with Gasteiger partial charge in [-0.3, -0.25) is 19.4 Å². The third kappa shape index (κ3) is 9.02. The van der Waals surface area contributed by atoms with Gasteiger partial charge in [0.25, 0.3) is 5.91 Å². The van der Waals surface area contributed by atoms with Crippen LogP contribution in [0.3, 0.4) is 0 Å². The normalized spacial score (nSPS) is 11.1. The van der Waals surface area contributed by atoms with Crippen molar-refractivity contribution in [1.29, 1.82) is 0 Å². The number of pyridine rings is 1. The summed E-state index contributed by atoms with van der Waals surface area (Å²) in [5.41, 5.74) is 7.60. The predicted molar refractivity (Wildman–Crippen MR) is 176 cm³/mol. The van der Waals surface area contributed by atoms with Crippen LogP contribution in [0.5, 0.6) is 0 Å². The van der Waals surface area contributed by atoms with Crippen molar-refractivity contribution in [3.63, 3.8) is 0 Å². The van der Waals surface area contributed by atoms with Crippen molar-refractivity contribution >= 4 is 58.6 Å². The fraction of sp³-hybridized carbons (Fsp3) is 0.273. The van der Waals surface area contributed by atoms with Gasteiger partial charge in [0.15, 0.2) is 0 Å². The molecule has 0 saturated heterocycles. The Morgan fingerprint density at radius 3 is 2.53 bits per heavy atom. The molecule has 0 aliphatic rings. The average molecular weight is 628 g/mol. The van der Waals surface area contributed by atoms with Crippen LogP contribution in [0.15, 0.2) is 76.7 Å². The number of fused-ring (bicyclic) bond motifs is 1. The number of hydrogen-bond donors (Lipinski definition) is 3. The van der Waals surface area contributed by atoms with E-state index in [2.05, 4.69) is 20.7 Å². The second kappa shape index (κ2) is 16.2. The number of nitrogens with one attached hydrogen (secondary N) is 2. The largest absolute Gasteiger partial charge is 0.370 e. The quantitative estimate of drug-likeness (QED) is 0.173. The van der Waals surface area contributed by atoms with Gasteiger partial charge >= 0.3 is 6.03 Å². The Morgan fingerprint density at radius 2 is 1.80 bits per heavy atom. The topological polar surface area (TPSA) is 152 Å². The minimum Gasteiger partial charge on any atom is -0.370 e. The van der Waals surface area contributed by atoms with Gasteiger partial charge < -0.3 is 21.3 Å². The highest BCUT2D eigenvalue weighted by molar-refractivity contribution is 7.99. The molecule has 0 radical (unpaired) electrons. The molecule has 0 aliphatic carbocycles. The molecule has 0 fully saturated rings. The number of amides is 4. The van der Waals surface area contributed by atoms with E-state index in [1.165, 1.54) is 21.3 Å². The van der Waals surface area contributed by atoms with Crippen LogP contribution < -0.4 is 16.4 Å². The fourth-order valence-corrected chi connectivity index (χ4v) is 5.58. The van der Waals surface area contributed by atoms with Crippen molar-refractivity contribution in [3.8, 4) is 0 Å². The molecule has 2 aromatic carbocycles. The second-order valence-corrected chi connectivity index (χ2v) is 11.3. The lowest BCUT2D eigenvalue weighted by Crippen LogP contribution is -2.43. The van der Waals surface area contributed by atoms with Crippen molar-refractivity contribution < 1.29 is 19.2 Å². The molecule has 234 valence electrons. The minimum absolute atomic E-state index is 0.134. The number of benzene rings is 2. The van der Waals surface area contributed by atoms with E-state index in [1.54, 1.807) is 26.2 Å². The summed E-state index contributed by atoms with van der Waals surface area (Å²) in [6, 6.07) is 18.2. The molecule has 4 aromatic rings. The van der Waals surface area contributed by atoms with Gasteiger partial charge in [-0.1, -0.05) is 36.4 Å². The molecule has 12 heteroatoms. The van der Waals surface area contributed by atoms with Crippen molar-refractivity contribution in [2.45, 2.75) is 42.4 Å². The first-order valence-electron chi connectivity index (χ1n) is 14.8. The standard InChI is InChI=1S/C33H37N7O4S/c1-3-39(22-31(42)37-20-9-4-5-14-30(34)41)33(44)40-28-21-24(45-29-13-7-6-12-26(29)32(43)35-2)16-17-25(28)27(38-40)18-15-23-11-8-10-19-36-23/h6-8,10-13,15-19,21H,3-5,9,14,20,22H2,1-2H3,(H2,34,41)(H,35,43)(H,37,42)/b18-15+. The summed E-state index contributed by atoms with van der Waals surface area (Å²) in [5.74, 6) is -0.810. The van der Waals surface area contributed by atoms with Crippen LogP contribution in [0.1, 0.15) is 54.4 Å². The van der Waals surface area contributed by atoms with Crippen molar-refractivity contribution in [1.82, 2.24) is 30.3 Å². The molecule has 4 rings (SSSR count). The van der Waals surface area contributed by atoms with E-state index < -0.39 is 6.03 Å². The first-order chi connectivity index (χ1) is 21.8. The van der Waals surface area contributed by atoms with Gasteiger partial charge in [0, 0.05) is 47.9 Å². The monoisotopic (exact) mass is 627 g/mol. The van der Waals surface area contributed by atoms with Gasteiger partial charge in [0.05, 0.1) is 22.5 Å². The summed E-state index contributed by atoms with van der Waals surface area (Å²) in [4.78, 5) is 57.3. The smallest absolute Gasteiger partial charge is 0.345 e. The summed E-state index contributed by atoms with van der Waals surface area (Å²) in [7, 11) is 1.59. The van der Waals surface area contributed by atoms with Crippen molar-refractivity contribution in [2.24, 2.45) is 5.73 Å². The molecule has 0 bridgehead atoms. The minimum atomic E-state index is -0.440. The maximum absolute atomic E-state index is 13.9. The zero-order valence-corrected chi connectivity index (χ0v) is 26.2. The van der Waals surface area contributed by atoms with Crippen LogP contribution in [-0.4, -0.2) is 70.1 Å². The highest BCUT2D eigenvalue weighted by Crippen LogP contribution is 2.33. The molecule has 0 aliphatic heterocycles. The maximum atomic E-state index is 13.9. The van der Waals surface area contributed by atoms with Crippen LogP contribution in [0.25, 0.3) is 23.1 Å².